The first-order valence-corrected chi connectivity index (χ1v) is 13.2. The predicted molar refractivity (Wildman–Crippen MR) is 136 cm³/mol. The quantitative estimate of drug-likeness (QED) is 0.716. The van der Waals surface area contributed by atoms with E-state index in [1.807, 2.05) is 52.3 Å². The lowest BCUT2D eigenvalue weighted by Crippen LogP contribution is -2.49. The standard InChI is InChI=1S/C29H35N3O4/c33-27(20-36-24-11-3-1-4-12-24)32-15-8-2-7-14-30-28(34)25-17-23(18-26(25)32)29(35)31-16-13-21-9-5-6-10-22(21)19-31/h1,3-6,9-12,23,25-26H,2,7-8,13-20H2,(H,30,34). The minimum absolute atomic E-state index is 0.0389. The maximum absolute atomic E-state index is 13.6. The second-order valence-electron chi connectivity index (χ2n) is 10.2. The van der Waals surface area contributed by atoms with Crippen molar-refractivity contribution in [1.82, 2.24) is 15.1 Å². The van der Waals surface area contributed by atoms with Crippen LogP contribution in [0, 0.1) is 11.8 Å². The van der Waals surface area contributed by atoms with Crippen molar-refractivity contribution in [3.8, 4) is 5.75 Å². The van der Waals surface area contributed by atoms with Crippen LogP contribution in [0.2, 0.25) is 0 Å². The molecule has 7 nitrogen and oxygen atoms in total. The number of carbonyl (C=O) groups excluding carboxylic acids is 3. The number of para-hydroxylation sites is 1. The molecular weight excluding hydrogens is 454 g/mol. The van der Waals surface area contributed by atoms with Gasteiger partial charge in [-0.05, 0) is 61.8 Å². The maximum Gasteiger partial charge on any atom is 0.260 e. The molecule has 2 aromatic rings. The fourth-order valence-corrected chi connectivity index (χ4v) is 5.93. The largest absolute Gasteiger partial charge is 0.484 e. The fraction of sp³-hybridized carbons (Fsp3) is 0.483. The molecule has 3 atom stereocenters. The molecule has 3 aliphatic rings. The molecule has 0 aromatic heterocycles. The van der Waals surface area contributed by atoms with Crippen LogP contribution in [-0.2, 0) is 27.3 Å². The Morgan fingerprint density at radius 1 is 0.917 bits per heavy atom. The van der Waals surface area contributed by atoms with Gasteiger partial charge in [0.15, 0.2) is 6.61 Å². The van der Waals surface area contributed by atoms with Gasteiger partial charge in [-0.15, -0.1) is 0 Å². The molecule has 36 heavy (non-hydrogen) atoms. The molecule has 0 radical (unpaired) electrons. The van der Waals surface area contributed by atoms with Crippen molar-refractivity contribution < 1.29 is 19.1 Å². The highest BCUT2D eigenvalue weighted by molar-refractivity contribution is 5.86. The van der Waals surface area contributed by atoms with Crippen molar-refractivity contribution >= 4 is 17.7 Å². The van der Waals surface area contributed by atoms with Crippen molar-refractivity contribution in [3.05, 3.63) is 65.7 Å². The molecule has 1 N–H and O–H groups in total. The topological polar surface area (TPSA) is 79.0 Å². The van der Waals surface area contributed by atoms with E-state index in [2.05, 4.69) is 17.4 Å². The SMILES string of the molecule is O=C1NCCCCCN(C(=O)COc2ccccc2)C2CC(C(=O)N3CCc4ccccc4C3)CC12. The first kappa shape index (κ1) is 24.3. The Kier molecular flexibility index (Phi) is 7.54. The van der Waals surface area contributed by atoms with Crippen molar-refractivity contribution in [2.24, 2.45) is 11.8 Å². The summed E-state index contributed by atoms with van der Waals surface area (Å²) < 4.78 is 5.76. The van der Waals surface area contributed by atoms with Gasteiger partial charge in [0.05, 0.1) is 5.92 Å². The minimum atomic E-state index is -0.380. The molecule has 3 amide bonds. The van der Waals surface area contributed by atoms with Gasteiger partial charge >= 0.3 is 0 Å². The Morgan fingerprint density at radius 2 is 1.69 bits per heavy atom. The highest BCUT2D eigenvalue weighted by atomic mass is 16.5. The van der Waals surface area contributed by atoms with Gasteiger partial charge in [-0.25, -0.2) is 0 Å². The summed E-state index contributed by atoms with van der Waals surface area (Å²) in [6.07, 6.45) is 4.56. The number of nitrogens with zero attached hydrogens (tertiary/aromatic N) is 2. The van der Waals surface area contributed by atoms with Crippen LogP contribution in [0.15, 0.2) is 54.6 Å². The Balaban J connectivity index is 1.31. The smallest absolute Gasteiger partial charge is 0.260 e. The van der Waals surface area contributed by atoms with E-state index in [0.717, 1.165) is 25.7 Å². The summed E-state index contributed by atoms with van der Waals surface area (Å²) in [6, 6.07) is 17.3. The average Bonchev–Trinajstić information content (AvgIpc) is 3.36. The van der Waals surface area contributed by atoms with E-state index in [1.54, 1.807) is 0 Å². The van der Waals surface area contributed by atoms with Crippen LogP contribution in [0.3, 0.4) is 0 Å². The van der Waals surface area contributed by atoms with Gasteiger partial charge < -0.3 is 19.9 Å². The molecule has 2 heterocycles. The van der Waals surface area contributed by atoms with Gasteiger partial charge in [-0.3, -0.25) is 14.4 Å². The number of carbonyl (C=O) groups is 3. The van der Waals surface area contributed by atoms with Gasteiger partial charge in [0.1, 0.15) is 5.75 Å². The molecule has 7 heteroatoms. The summed E-state index contributed by atoms with van der Waals surface area (Å²) in [5.41, 5.74) is 2.50. The number of amides is 3. The van der Waals surface area contributed by atoms with Crippen LogP contribution in [0.4, 0.5) is 0 Å². The van der Waals surface area contributed by atoms with Crippen molar-refractivity contribution in [1.29, 1.82) is 0 Å². The second-order valence-corrected chi connectivity index (χ2v) is 10.2. The molecule has 2 aliphatic heterocycles. The zero-order valence-electron chi connectivity index (χ0n) is 20.7. The molecule has 3 unspecified atom stereocenters. The van der Waals surface area contributed by atoms with Gasteiger partial charge in [-0.2, -0.15) is 0 Å². The van der Waals surface area contributed by atoms with Crippen LogP contribution in [0.1, 0.15) is 43.2 Å². The van der Waals surface area contributed by atoms with E-state index in [4.69, 9.17) is 4.74 Å². The lowest BCUT2D eigenvalue weighted by atomic mass is 9.97. The minimum Gasteiger partial charge on any atom is -0.484 e. The lowest BCUT2D eigenvalue weighted by molar-refractivity contribution is -0.139. The molecule has 0 spiro atoms. The number of ether oxygens (including phenoxy) is 1. The molecule has 190 valence electrons. The number of fused-ring (bicyclic) bond motifs is 2. The third-order valence-electron chi connectivity index (χ3n) is 7.86. The summed E-state index contributed by atoms with van der Waals surface area (Å²) in [5, 5.41) is 3.06. The molecule has 1 aliphatic carbocycles. The molecule has 5 rings (SSSR count). The number of nitrogens with one attached hydrogen (secondary N) is 1. The van der Waals surface area contributed by atoms with Crippen molar-refractivity contribution in [3.63, 3.8) is 0 Å². The fourth-order valence-electron chi connectivity index (χ4n) is 5.93. The van der Waals surface area contributed by atoms with E-state index >= 15 is 0 Å². The Labute approximate surface area is 212 Å². The predicted octanol–water partition coefficient (Wildman–Crippen LogP) is 3.17. The molecule has 2 fully saturated rings. The summed E-state index contributed by atoms with van der Waals surface area (Å²) in [7, 11) is 0. The van der Waals surface area contributed by atoms with Crippen LogP contribution >= 0.6 is 0 Å². The van der Waals surface area contributed by atoms with Crippen molar-refractivity contribution in [2.45, 2.75) is 51.1 Å². The molecule has 1 saturated heterocycles. The Morgan fingerprint density at radius 3 is 2.53 bits per heavy atom. The normalized spacial score (nSPS) is 24.3. The first-order chi connectivity index (χ1) is 17.6. The van der Waals surface area contributed by atoms with Crippen molar-refractivity contribution in [2.75, 3.05) is 26.2 Å². The van der Waals surface area contributed by atoms with Gasteiger partial charge in [0.25, 0.3) is 5.91 Å². The van der Waals surface area contributed by atoms with E-state index in [0.29, 0.717) is 44.8 Å². The third kappa shape index (κ3) is 5.40. The average molecular weight is 490 g/mol. The summed E-state index contributed by atoms with van der Waals surface area (Å²) in [4.78, 5) is 43.9. The monoisotopic (exact) mass is 489 g/mol. The van der Waals surface area contributed by atoms with Gasteiger partial charge in [-0.1, -0.05) is 42.5 Å². The highest BCUT2D eigenvalue weighted by Gasteiger charge is 2.46. The van der Waals surface area contributed by atoms with Crippen LogP contribution in [0.5, 0.6) is 5.75 Å². The van der Waals surface area contributed by atoms with Crippen LogP contribution < -0.4 is 10.1 Å². The molecule has 0 bridgehead atoms. The second kappa shape index (κ2) is 11.1. The zero-order valence-corrected chi connectivity index (χ0v) is 20.7. The first-order valence-electron chi connectivity index (χ1n) is 13.2. The zero-order chi connectivity index (χ0) is 24.9. The lowest BCUT2D eigenvalue weighted by Gasteiger charge is -2.34. The molecule has 2 aromatic carbocycles. The summed E-state index contributed by atoms with van der Waals surface area (Å²) >= 11 is 0. The Bertz CT molecular complexity index is 1090. The number of benzene rings is 2. The van der Waals surface area contributed by atoms with E-state index < -0.39 is 0 Å². The highest BCUT2D eigenvalue weighted by Crippen LogP contribution is 2.37. The van der Waals surface area contributed by atoms with Crippen LogP contribution in [0.25, 0.3) is 0 Å². The van der Waals surface area contributed by atoms with Gasteiger partial charge in [0.2, 0.25) is 11.8 Å². The van der Waals surface area contributed by atoms with E-state index in [-0.39, 0.29) is 42.2 Å². The summed E-state index contributed by atoms with van der Waals surface area (Å²) in [6.45, 7) is 2.47. The van der Waals surface area contributed by atoms with E-state index in [9.17, 15) is 14.4 Å². The molecule has 1 saturated carbocycles. The number of rotatable bonds is 4. The number of hydrogen-bond acceptors (Lipinski definition) is 4. The summed E-state index contributed by atoms with van der Waals surface area (Å²) in [5.74, 6) is -0.0548. The maximum atomic E-state index is 13.6. The van der Waals surface area contributed by atoms with Crippen LogP contribution in [-0.4, -0.2) is 59.8 Å². The third-order valence-corrected chi connectivity index (χ3v) is 7.86. The number of hydrogen-bond donors (Lipinski definition) is 1. The Hall–Kier alpha value is -3.35. The molecular formula is C29H35N3O4. The van der Waals surface area contributed by atoms with Gasteiger partial charge in [0, 0.05) is 38.1 Å². The van der Waals surface area contributed by atoms with E-state index in [1.165, 1.54) is 11.1 Å².